The van der Waals surface area contributed by atoms with Gasteiger partial charge in [-0.25, -0.2) is 0 Å². The molecule has 4 heteroatoms. The molecule has 1 aromatic carbocycles. The highest BCUT2D eigenvalue weighted by molar-refractivity contribution is 6.73. The quantitative estimate of drug-likeness (QED) is 0.431. The Balaban J connectivity index is 3.01. The molecule has 0 aliphatic carbocycles. The molecule has 110 valence electrons. The second kappa shape index (κ2) is 7.38. The van der Waals surface area contributed by atoms with Gasteiger partial charge in [-0.05, 0) is 12.0 Å². The smallest absolute Gasteiger partial charge is 0.178 e. The first-order valence-corrected chi connectivity index (χ1v) is 10.8. The van der Waals surface area contributed by atoms with Crippen LogP contribution in [0.2, 0.25) is 19.6 Å². The van der Waals surface area contributed by atoms with Crippen LogP contribution in [-0.4, -0.2) is 24.4 Å². The monoisotopic (exact) mass is 290 g/mol. The number of nitrogens with zero attached hydrogens (tertiary/aromatic N) is 2. The van der Waals surface area contributed by atoms with E-state index in [0.29, 0.717) is 18.6 Å². The molecule has 0 aromatic heterocycles. The Morgan fingerprint density at radius 3 is 2.15 bits per heavy atom. The fourth-order valence-corrected chi connectivity index (χ4v) is 2.93. The van der Waals surface area contributed by atoms with E-state index in [1.54, 1.807) is 0 Å². The van der Waals surface area contributed by atoms with Crippen molar-refractivity contribution in [2.45, 2.75) is 52.9 Å². The van der Waals surface area contributed by atoms with Crippen molar-refractivity contribution in [2.75, 3.05) is 0 Å². The van der Waals surface area contributed by atoms with Gasteiger partial charge in [0, 0.05) is 6.42 Å². The van der Waals surface area contributed by atoms with Gasteiger partial charge < -0.3 is 4.67 Å². The van der Waals surface area contributed by atoms with Crippen LogP contribution >= 0.6 is 0 Å². The molecule has 20 heavy (non-hydrogen) atoms. The van der Waals surface area contributed by atoms with Gasteiger partial charge in [0.2, 0.25) is 0 Å². The Hall–Kier alpha value is -1.42. The van der Waals surface area contributed by atoms with Gasteiger partial charge in [-0.1, -0.05) is 63.8 Å². The molecule has 0 aliphatic heterocycles. The zero-order chi connectivity index (χ0) is 15.2. The summed E-state index contributed by atoms with van der Waals surface area (Å²) in [5, 5.41) is 4.69. The third kappa shape index (κ3) is 4.93. The Labute approximate surface area is 123 Å². The summed E-state index contributed by atoms with van der Waals surface area (Å²) in [6.45, 7) is 11.4. The molecule has 0 aliphatic rings. The molecule has 0 heterocycles. The molecule has 3 nitrogen and oxygen atoms in total. The standard InChI is InChI=1S/C16H26N2OSi/c1-6-15(16(19)7-2)17-18(20(3,4)5)13-14-11-9-8-10-12-14/h8-12H,6-7,13H2,1-5H3/b17-15+. The van der Waals surface area contributed by atoms with Gasteiger partial charge in [0.05, 0.1) is 6.54 Å². The lowest BCUT2D eigenvalue weighted by Gasteiger charge is -2.32. The third-order valence-electron chi connectivity index (χ3n) is 3.17. The molecule has 0 unspecified atom stereocenters. The maximum atomic E-state index is 11.9. The van der Waals surface area contributed by atoms with E-state index < -0.39 is 8.24 Å². The molecular weight excluding hydrogens is 264 g/mol. The number of hydrogen-bond acceptors (Lipinski definition) is 3. The molecule has 0 radical (unpaired) electrons. The number of ketones is 1. The highest BCUT2D eigenvalue weighted by Crippen LogP contribution is 2.16. The molecule has 1 aromatic rings. The Morgan fingerprint density at radius 2 is 1.70 bits per heavy atom. The number of rotatable bonds is 7. The summed E-state index contributed by atoms with van der Waals surface area (Å²) in [5.41, 5.74) is 1.93. The Morgan fingerprint density at radius 1 is 1.10 bits per heavy atom. The highest BCUT2D eigenvalue weighted by Gasteiger charge is 2.24. The fraction of sp³-hybridized carbons (Fsp3) is 0.500. The van der Waals surface area contributed by atoms with Crippen molar-refractivity contribution in [2.24, 2.45) is 5.10 Å². The highest BCUT2D eigenvalue weighted by atomic mass is 28.3. The van der Waals surface area contributed by atoms with Gasteiger partial charge in [0.15, 0.2) is 14.0 Å². The molecule has 0 amide bonds. The zero-order valence-electron chi connectivity index (χ0n) is 13.3. The topological polar surface area (TPSA) is 32.7 Å². The van der Waals surface area contributed by atoms with Crippen molar-refractivity contribution >= 4 is 19.7 Å². The first-order chi connectivity index (χ1) is 9.38. The maximum Gasteiger partial charge on any atom is 0.178 e. The van der Waals surface area contributed by atoms with Crippen LogP contribution < -0.4 is 0 Å². The number of Topliss-reactive ketones (excluding diaryl/α,β-unsaturated/α-hetero) is 1. The van der Waals surface area contributed by atoms with E-state index in [4.69, 9.17) is 5.10 Å². The minimum atomic E-state index is -1.61. The summed E-state index contributed by atoms with van der Waals surface area (Å²) in [5.74, 6) is 0.156. The van der Waals surface area contributed by atoms with Crippen molar-refractivity contribution < 1.29 is 4.79 Å². The lowest BCUT2D eigenvalue weighted by atomic mass is 10.1. The second-order valence-corrected chi connectivity index (χ2v) is 10.7. The van der Waals surface area contributed by atoms with E-state index in [1.807, 2.05) is 32.0 Å². The zero-order valence-corrected chi connectivity index (χ0v) is 14.3. The number of hydrogen-bond donors (Lipinski definition) is 0. The van der Waals surface area contributed by atoms with Crippen molar-refractivity contribution in [1.29, 1.82) is 0 Å². The fourth-order valence-electron chi connectivity index (χ4n) is 1.85. The lowest BCUT2D eigenvalue weighted by molar-refractivity contribution is -0.112. The second-order valence-electron chi connectivity index (χ2n) is 5.89. The molecule has 1 rings (SSSR count). The molecule has 0 N–H and O–H groups in total. The molecular formula is C16H26N2OSi. The van der Waals surface area contributed by atoms with E-state index in [-0.39, 0.29) is 5.78 Å². The van der Waals surface area contributed by atoms with Gasteiger partial charge in [0.25, 0.3) is 0 Å². The summed E-state index contributed by atoms with van der Waals surface area (Å²) < 4.78 is 2.15. The summed E-state index contributed by atoms with van der Waals surface area (Å²) in [7, 11) is -1.61. The van der Waals surface area contributed by atoms with Crippen LogP contribution in [0.25, 0.3) is 0 Å². The minimum Gasteiger partial charge on any atom is -0.320 e. The van der Waals surface area contributed by atoms with Crippen molar-refractivity contribution in [3.63, 3.8) is 0 Å². The van der Waals surface area contributed by atoms with Crippen LogP contribution in [0.4, 0.5) is 0 Å². The van der Waals surface area contributed by atoms with Crippen LogP contribution in [0, 0.1) is 0 Å². The average molecular weight is 290 g/mol. The lowest BCUT2D eigenvalue weighted by Crippen LogP contribution is -2.43. The predicted octanol–water partition coefficient (Wildman–Crippen LogP) is 4.07. The van der Waals surface area contributed by atoms with Crippen LogP contribution in [0.3, 0.4) is 0 Å². The van der Waals surface area contributed by atoms with Crippen LogP contribution in [0.1, 0.15) is 32.3 Å². The van der Waals surface area contributed by atoms with Crippen LogP contribution in [0.5, 0.6) is 0 Å². The largest absolute Gasteiger partial charge is 0.320 e. The van der Waals surface area contributed by atoms with Crippen molar-refractivity contribution in [3.8, 4) is 0 Å². The number of carbonyl (C=O) groups excluding carboxylic acids is 1. The van der Waals surface area contributed by atoms with E-state index in [0.717, 1.165) is 6.54 Å². The number of hydrazone groups is 1. The van der Waals surface area contributed by atoms with E-state index >= 15 is 0 Å². The molecule has 0 bridgehead atoms. The minimum absolute atomic E-state index is 0.156. The summed E-state index contributed by atoms with van der Waals surface area (Å²) in [6.07, 6.45) is 1.22. The Kier molecular flexibility index (Phi) is 6.14. The van der Waals surface area contributed by atoms with Crippen molar-refractivity contribution in [1.82, 2.24) is 4.67 Å². The third-order valence-corrected chi connectivity index (χ3v) is 4.98. The van der Waals surface area contributed by atoms with Gasteiger partial charge in [0.1, 0.15) is 5.71 Å². The first kappa shape index (κ1) is 16.6. The number of benzene rings is 1. The molecule has 0 spiro atoms. The van der Waals surface area contributed by atoms with Gasteiger partial charge in [-0.2, -0.15) is 5.10 Å². The van der Waals surface area contributed by atoms with Gasteiger partial charge in [-0.15, -0.1) is 0 Å². The number of carbonyl (C=O) groups is 1. The SMILES string of the molecule is CCC(=O)/C(CC)=N/N(Cc1ccccc1)[Si](C)(C)C. The summed E-state index contributed by atoms with van der Waals surface area (Å²) in [4.78, 5) is 11.9. The summed E-state index contributed by atoms with van der Waals surface area (Å²) in [6, 6.07) is 10.3. The molecule has 0 atom stereocenters. The average Bonchev–Trinajstić information content (AvgIpc) is 2.42. The summed E-state index contributed by atoms with van der Waals surface area (Å²) >= 11 is 0. The van der Waals surface area contributed by atoms with Gasteiger partial charge >= 0.3 is 0 Å². The predicted molar refractivity (Wildman–Crippen MR) is 88.4 cm³/mol. The Bertz CT molecular complexity index is 463. The first-order valence-electron chi connectivity index (χ1n) is 7.30. The van der Waals surface area contributed by atoms with Gasteiger partial charge in [-0.3, -0.25) is 4.79 Å². The van der Waals surface area contributed by atoms with E-state index in [2.05, 4.69) is 36.4 Å². The maximum absolute atomic E-state index is 11.9. The van der Waals surface area contributed by atoms with Crippen LogP contribution in [0.15, 0.2) is 35.4 Å². The normalized spacial score (nSPS) is 12.3. The van der Waals surface area contributed by atoms with Crippen molar-refractivity contribution in [3.05, 3.63) is 35.9 Å². The molecule has 0 saturated heterocycles. The van der Waals surface area contributed by atoms with E-state index in [9.17, 15) is 4.79 Å². The molecule has 0 saturated carbocycles. The van der Waals surface area contributed by atoms with Crippen LogP contribution in [-0.2, 0) is 11.3 Å². The molecule has 0 fully saturated rings. The van der Waals surface area contributed by atoms with E-state index in [1.165, 1.54) is 5.56 Å².